The third-order valence-electron chi connectivity index (χ3n) is 4.21. The molecule has 0 aromatic heterocycles. The molecule has 0 bridgehead atoms. The Bertz CT molecular complexity index is 543. The molecule has 0 heterocycles. The Kier molecular flexibility index (Phi) is 6.48. The molecule has 1 aliphatic rings. The quantitative estimate of drug-likeness (QED) is 0.824. The van der Waals surface area contributed by atoms with Crippen LogP contribution >= 0.6 is 0 Å². The fraction of sp³-hybridized carbons (Fsp3) is 0.588. The number of para-hydroxylation sites is 1. The largest absolute Gasteiger partial charge is 0.573 e. The lowest BCUT2D eigenvalue weighted by atomic mass is 10.1. The van der Waals surface area contributed by atoms with E-state index in [1.165, 1.54) is 12.1 Å². The highest BCUT2D eigenvalue weighted by Gasteiger charge is 2.33. The van der Waals surface area contributed by atoms with E-state index in [-0.39, 0.29) is 24.2 Å². The van der Waals surface area contributed by atoms with Crippen LogP contribution in [-0.4, -0.2) is 36.8 Å². The molecule has 0 atom stereocenters. The number of nitrogens with one attached hydrogen (secondary N) is 1. The minimum atomic E-state index is -4.75. The predicted octanol–water partition coefficient (Wildman–Crippen LogP) is 3.47. The van der Waals surface area contributed by atoms with Gasteiger partial charge in [-0.05, 0) is 26.0 Å². The van der Waals surface area contributed by atoms with Crippen molar-refractivity contribution in [2.45, 2.75) is 51.1 Å². The van der Waals surface area contributed by atoms with Gasteiger partial charge in [-0.3, -0.25) is 4.79 Å². The Balaban J connectivity index is 2.18. The van der Waals surface area contributed by atoms with Crippen molar-refractivity contribution >= 4 is 5.91 Å². The summed E-state index contributed by atoms with van der Waals surface area (Å²) in [7, 11) is 1.76. The molecule has 134 valence electrons. The smallest absolute Gasteiger partial charge is 0.405 e. The van der Waals surface area contributed by atoms with Crippen LogP contribution < -0.4 is 10.1 Å². The van der Waals surface area contributed by atoms with Crippen molar-refractivity contribution in [3.8, 4) is 5.75 Å². The maximum Gasteiger partial charge on any atom is 0.573 e. The van der Waals surface area contributed by atoms with E-state index in [2.05, 4.69) is 10.1 Å². The summed E-state index contributed by atoms with van der Waals surface area (Å²) in [6.45, 7) is 0.683. The van der Waals surface area contributed by atoms with Gasteiger partial charge >= 0.3 is 6.36 Å². The van der Waals surface area contributed by atoms with Crippen molar-refractivity contribution in [2.24, 2.45) is 0 Å². The molecule has 1 aliphatic carbocycles. The minimum Gasteiger partial charge on any atom is -0.405 e. The molecular weight excluding hydrogens is 321 g/mol. The van der Waals surface area contributed by atoms with Crippen LogP contribution in [0.15, 0.2) is 24.3 Å². The van der Waals surface area contributed by atoms with E-state index in [9.17, 15) is 18.0 Å². The summed E-state index contributed by atoms with van der Waals surface area (Å²) >= 11 is 0. The number of benzene rings is 1. The van der Waals surface area contributed by atoms with Gasteiger partial charge in [0.2, 0.25) is 5.91 Å². The van der Waals surface area contributed by atoms with Gasteiger partial charge in [-0.15, -0.1) is 13.2 Å². The molecule has 4 nitrogen and oxygen atoms in total. The summed E-state index contributed by atoms with van der Waals surface area (Å²) in [6.07, 6.45) is -0.538. The number of amides is 1. The number of rotatable bonds is 7. The van der Waals surface area contributed by atoms with Gasteiger partial charge in [-0.1, -0.05) is 31.0 Å². The Labute approximate surface area is 140 Å². The van der Waals surface area contributed by atoms with Gasteiger partial charge in [0.1, 0.15) is 5.75 Å². The van der Waals surface area contributed by atoms with Gasteiger partial charge in [-0.2, -0.15) is 0 Å². The van der Waals surface area contributed by atoms with E-state index in [4.69, 9.17) is 0 Å². The minimum absolute atomic E-state index is 0.0435. The molecule has 0 saturated heterocycles. The topological polar surface area (TPSA) is 41.6 Å². The number of nitrogens with zero attached hydrogens (tertiary/aromatic N) is 1. The average molecular weight is 344 g/mol. The van der Waals surface area contributed by atoms with E-state index in [0.29, 0.717) is 18.5 Å². The molecule has 0 spiro atoms. The molecular formula is C17H23F3N2O2. The average Bonchev–Trinajstić information content (AvgIpc) is 3.04. The molecule has 1 aromatic carbocycles. The van der Waals surface area contributed by atoms with Crippen LogP contribution in [0.3, 0.4) is 0 Å². The van der Waals surface area contributed by atoms with Crippen LogP contribution in [0.5, 0.6) is 5.75 Å². The summed E-state index contributed by atoms with van der Waals surface area (Å²) in [6, 6.07) is 6.10. The summed E-state index contributed by atoms with van der Waals surface area (Å²) in [4.78, 5) is 14.2. The number of halogens is 3. The Morgan fingerprint density at radius 3 is 2.58 bits per heavy atom. The first-order valence-corrected chi connectivity index (χ1v) is 8.18. The summed E-state index contributed by atoms with van der Waals surface area (Å²) < 4.78 is 41.8. The van der Waals surface area contributed by atoms with Crippen LogP contribution in [0.25, 0.3) is 0 Å². The second-order valence-corrected chi connectivity index (χ2v) is 5.97. The number of hydrogen-bond acceptors (Lipinski definition) is 3. The van der Waals surface area contributed by atoms with Crippen molar-refractivity contribution in [3.63, 3.8) is 0 Å². The van der Waals surface area contributed by atoms with Gasteiger partial charge in [-0.25, -0.2) is 0 Å². The molecule has 2 rings (SSSR count). The van der Waals surface area contributed by atoms with Gasteiger partial charge in [0, 0.05) is 31.1 Å². The fourth-order valence-electron chi connectivity index (χ4n) is 3.05. The molecule has 0 aliphatic heterocycles. The normalized spacial score (nSPS) is 15.5. The van der Waals surface area contributed by atoms with E-state index in [1.54, 1.807) is 24.1 Å². The van der Waals surface area contributed by atoms with Crippen molar-refractivity contribution in [1.82, 2.24) is 10.2 Å². The summed E-state index contributed by atoms with van der Waals surface area (Å²) in [5, 5.41) is 2.93. The second-order valence-electron chi connectivity index (χ2n) is 5.97. The molecule has 1 aromatic rings. The number of carbonyl (C=O) groups is 1. The van der Waals surface area contributed by atoms with E-state index in [1.807, 2.05) is 0 Å². The first-order valence-electron chi connectivity index (χ1n) is 8.18. The van der Waals surface area contributed by atoms with Gasteiger partial charge < -0.3 is 15.0 Å². The lowest BCUT2D eigenvalue weighted by Gasteiger charge is -2.30. The highest BCUT2D eigenvalue weighted by molar-refractivity contribution is 5.77. The van der Waals surface area contributed by atoms with Gasteiger partial charge in [0.05, 0.1) is 0 Å². The number of ether oxygens (including phenoxy) is 1. The van der Waals surface area contributed by atoms with Gasteiger partial charge in [0.25, 0.3) is 0 Å². The molecule has 1 fully saturated rings. The molecule has 7 heteroatoms. The van der Waals surface area contributed by atoms with Gasteiger partial charge in [0.15, 0.2) is 0 Å². The summed E-state index contributed by atoms with van der Waals surface area (Å²) in [5.74, 6) is -0.285. The van der Waals surface area contributed by atoms with Crippen molar-refractivity contribution in [2.75, 3.05) is 13.6 Å². The highest BCUT2D eigenvalue weighted by atomic mass is 19.4. The standard InChI is InChI=1S/C17H23F3N2O2/c1-21-11-10-16(23)22(14-7-3-4-8-14)12-13-6-2-5-9-15(13)24-17(18,19)20/h2,5-6,9,14,21H,3-4,7-8,10-12H2,1H3. The molecule has 1 amide bonds. The monoisotopic (exact) mass is 344 g/mol. The zero-order valence-corrected chi connectivity index (χ0v) is 13.7. The van der Waals surface area contributed by atoms with E-state index in [0.717, 1.165) is 25.7 Å². The van der Waals surface area contributed by atoms with Crippen molar-refractivity contribution in [1.29, 1.82) is 0 Å². The van der Waals surface area contributed by atoms with Crippen LogP contribution in [0, 0.1) is 0 Å². The molecule has 1 N–H and O–H groups in total. The third-order valence-corrected chi connectivity index (χ3v) is 4.21. The van der Waals surface area contributed by atoms with Crippen LogP contribution in [-0.2, 0) is 11.3 Å². The molecule has 24 heavy (non-hydrogen) atoms. The zero-order valence-electron chi connectivity index (χ0n) is 13.7. The Hall–Kier alpha value is -1.76. The molecule has 0 radical (unpaired) electrons. The number of carbonyl (C=O) groups excluding carboxylic acids is 1. The van der Waals surface area contributed by atoms with Crippen molar-refractivity contribution < 1.29 is 22.7 Å². The number of alkyl halides is 3. The van der Waals surface area contributed by atoms with E-state index < -0.39 is 6.36 Å². The Morgan fingerprint density at radius 1 is 1.29 bits per heavy atom. The van der Waals surface area contributed by atoms with E-state index >= 15 is 0 Å². The maximum atomic E-state index is 12.6. The fourth-order valence-corrected chi connectivity index (χ4v) is 3.05. The first kappa shape index (κ1) is 18.6. The highest BCUT2D eigenvalue weighted by Crippen LogP contribution is 2.30. The predicted molar refractivity (Wildman–Crippen MR) is 84.5 cm³/mol. The van der Waals surface area contributed by atoms with Crippen LogP contribution in [0.2, 0.25) is 0 Å². The Morgan fingerprint density at radius 2 is 1.96 bits per heavy atom. The maximum absolute atomic E-state index is 12.6. The number of hydrogen-bond donors (Lipinski definition) is 1. The molecule has 1 saturated carbocycles. The second kappa shape index (κ2) is 8.37. The van der Waals surface area contributed by atoms with Crippen LogP contribution in [0.1, 0.15) is 37.7 Å². The lowest BCUT2D eigenvalue weighted by molar-refractivity contribution is -0.275. The zero-order chi connectivity index (χ0) is 17.6. The SMILES string of the molecule is CNCCC(=O)N(Cc1ccccc1OC(F)(F)F)C1CCCC1. The van der Waals surface area contributed by atoms with Crippen LogP contribution in [0.4, 0.5) is 13.2 Å². The van der Waals surface area contributed by atoms with Crippen molar-refractivity contribution in [3.05, 3.63) is 29.8 Å². The first-order chi connectivity index (χ1) is 11.4. The third kappa shape index (κ3) is 5.40. The molecule has 0 unspecified atom stereocenters. The summed E-state index contributed by atoms with van der Waals surface area (Å²) in [5.41, 5.74) is 0.375. The lowest BCUT2D eigenvalue weighted by Crippen LogP contribution is -2.39.